The number of rotatable bonds is 4. The fraction of sp³-hybridized carbons (Fsp3) is 0.438. The van der Waals surface area contributed by atoms with Gasteiger partial charge in [-0.3, -0.25) is 4.79 Å². The second-order valence-electron chi connectivity index (χ2n) is 5.86. The van der Waals surface area contributed by atoms with Gasteiger partial charge in [-0.15, -0.1) is 11.3 Å². The van der Waals surface area contributed by atoms with E-state index < -0.39 is 0 Å². The van der Waals surface area contributed by atoms with Crippen LogP contribution in [0.2, 0.25) is 0 Å². The first-order valence-electron chi connectivity index (χ1n) is 7.72. The van der Waals surface area contributed by atoms with Crippen molar-refractivity contribution in [2.75, 3.05) is 37.0 Å². The zero-order chi connectivity index (χ0) is 16.2. The molecule has 7 heteroatoms. The monoisotopic (exact) mass is 331 g/mol. The van der Waals surface area contributed by atoms with Gasteiger partial charge >= 0.3 is 0 Å². The first kappa shape index (κ1) is 15.7. The number of aromatic nitrogens is 2. The summed E-state index contributed by atoms with van der Waals surface area (Å²) in [6, 6.07) is 5.89. The highest BCUT2D eigenvalue weighted by atomic mass is 32.1. The third-order valence-corrected chi connectivity index (χ3v) is 4.79. The van der Waals surface area contributed by atoms with Crippen molar-refractivity contribution in [2.24, 2.45) is 0 Å². The van der Waals surface area contributed by atoms with Crippen LogP contribution in [0, 0.1) is 0 Å². The highest BCUT2D eigenvalue weighted by Crippen LogP contribution is 2.21. The van der Waals surface area contributed by atoms with Crippen LogP contribution >= 0.6 is 11.3 Å². The Morgan fingerprint density at radius 1 is 1.43 bits per heavy atom. The van der Waals surface area contributed by atoms with Gasteiger partial charge in [0.05, 0.1) is 4.88 Å². The Morgan fingerprint density at radius 3 is 3.04 bits per heavy atom. The molecule has 1 amide bonds. The predicted octanol–water partition coefficient (Wildman–Crippen LogP) is 2.00. The summed E-state index contributed by atoms with van der Waals surface area (Å²) in [6.07, 6.45) is 3.63. The van der Waals surface area contributed by atoms with Crippen LogP contribution < -0.4 is 15.1 Å². The second kappa shape index (κ2) is 6.95. The van der Waals surface area contributed by atoms with Crippen molar-refractivity contribution >= 4 is 28.9 Å². The minimum absolute atomic E-state index is 0.0171. The number of hydrogen-bond donors (Lipinski definition) is 1. The third kappa shape index (κ3) is 3.79. The van der Waals surface area contributed by atoms with Crippen LogP contribution in [-0.4, -0.2) is 49.1 Å². The van der Waals surface area contributed by atoms with Crippen LogP contribution in [0.1, 0.15) is 22.5 Å². The lowest BCUT2D eigenvalue weighted by atomic mass is 10.1. The Bertz CT molecular complexity index is 658. The Hall–Kier alpha value is -2.15. The van der Waals surface area contributed by atoms with E-state index in [0.29, 0.717) is 0 Å². The summed E-state index contributed by atoms with van der Waals surface area (Å²) in [7, 11) is 3.93. The summed E-state index contributed by atoms with van der Waals surface area (Å²) in [5.41, 5.74) is 0. The molecule has 0 saturated carbocycles. The van der Waals surface area contributed by atoms with E-state index in [1.807, 2.05) is 42.6 Å². The van der Waals surface area contributed by atoms with Crippen LogP contribution in [0.4, 0.5) is 11.6 Å². The maximum absolute atomic E-state index is 12.2. The molecule has 3 rings (SSSR count). The molecule has 2 aromatic rings. The van der Waals surface area contributed by atoms with Gasteiger partial charge in [0.2, 0.25) is 0 Å². The quantitative estimate of drug-likeness (QED) is 0.928. The number of nitrogens with zero attached hydrogens (tertiary/aromatic N) is 4. The van der Waals surface area contributed by atoms with Crippen molar-refractivity contribution in [1.29, 1.82) is 0 Å². The van der Waals surface area contributed by atoms with Gasteiger partial charge in [0.25, 0.3) is 5.91 Å². The van der Waals surface area contributed by atoms with Gasteiger partial charge in [-0.25, -0.2) is 9.97 Å². The van der Waals surface area contributed by atoms with Crippen molar-refractivity contribution in [3.8, 4) is 0 Å². The van der Waals surface area contributed by atoms with E-state index in [1.165, 1.54) is 11.3 Å². The summed E-state index contributed by atoms with van der Waals surface area (Å²) in [5, 5.41) is 5.06. The molecule has 3 heterocycles. The van der Waals surface area contributed by atoms with Gasteiger partial charge in [0.15, 0.2) is 0 Å². The minimum atomic E-state index is 0.0171. The van der Waals surface area contributed by atoms with Gasteiger partial charge in [0.1, 0.15) is 18.0 Å². The van der Waals surface area contributed by atoms with Crippen molar-refractivity contribution in [3.05, 3.63) is 34.8 Å². The maximum atomic E-state index is 12.2. The molecule has 23 heavy (non-hydrogen) atoms. The highest BCUT2D eigenvalue weighted by Gasteiger charge is 2.23. The number of carbonyl (C=O) groups is 1. The van der Waals surface area contributed by atoms with Crippen LogP contribution in [0.3, 0.4) is 0 Å². The van der Waals surface area contributed by atoms with Crippen LogP contribution in [0.15, 0.2) is 29.9 Å². The summed E-state index contributed by atoms with van der Waals surface area (Å²) in [4.78, 5) is 25.8. The van der Waals surface area contributed by atoms with Gasteiger partial charge in [-0.2, -0.15) is 0 Å². The van der Waals surface area contributed by atoms with Crippen molar-refractivity contribution in [1.82, 2.24) is 15.3 Å². The molecule has 1 aliphatic rings. The number of hydrogen-bond acceptors (Lipinski definition) is 6. The van der Waals surface area contributed by atoms with Gasteiger partial charge < -0.3 is 15.1 Å². The highest BCUT2D eigenvalue weighted by molar-refractivity contribution is 7.12. The van der Waals surface area contributed by atoms with Crippen LogP contribution in [-0.2, 0) is 0 Å². The Labute approximate surface area is 140 Å². The van der Waals surface area contributed by atoms with Crippen LogP contribution in [0.5, 0.6) is 0 Å². The second-order valence-corrected chi connectivity index (χ2v) is 6.81. The lowest BCUT2D eigenvalue weighted by Gasteiger charge is -2.34. The van der Waals surface area contributed by atoms with E-state index in [0.717, 1.165) is 42.4 Å². The molecule has 1 atom stereocenters. The topological polar surface area (TPSA) is 61.4 Å². The maximum Gasteiger partial charge on any atom is 0.261 e. The fourth-order valence-electron chi connectivity index (χ4n) is 2.72. The number of amides is 1. The minimum Gasteiger partial charge on any atom is -0.363 e. The van der Waals surface area contributed by atoms with Crippen molar-refractivity contribution < 1.29 is 4.79 Å². The largest absolute Gasteiger partial charge is 0.363 e. The molecule has 0 aromatic carbocycles. The number of thiophene rings is 1. The van der Waals surface area contributed by atoms with Crippen LogP contribution in [0.25, 0.3) is 0 Å². The van der Waals surface area contributed by atoms with E-state index in [9.17, 15) is 4.79 Å². The zero-order valence-electron chi connectivity index (χ0n) is 13.4. The van der Waals surface area contributed by atoms with E-state index in [-0.39, 0.29) is 11.9 Å². The molecule has 0 radical (unpaired) electrons. The third-order valence-electron chi connectivity index (χ3n) is 3.92. The lowest BCUT2D eigenvalue weighted by Crippen LogP contribution is -2.48. The molecule has 0 spiro atoms. The Morgan fingerprint density at radius 2 is 2.30 bits per heavy atom. The molecule has 122 valence electrons. The molecule has 1 unspecified atom stereocenters. The standard InChI is InChI=1S/C16H21N5OS/c1-20(2)14-9-15(18-11-17-14)21-7-3-5-12(10-21)19-16(22)13-6-4-8-23-13/h4,6,8-9,11-12H,3,5,7,10H2,1-2H3,(H,19,22). The molecule has 0 bridgehead atoms. The molecule has 1 fully saturated rings. The van der Waals surface area contributed by atoms with E-state index in [1.54, 1.807) is 6.33 Å². The fourth-order valence-corrected chi connectivity index (χ4v) is 3.35. The van der Waals surface area contributed by atoms with E-state index >= 15 is 0 Å². The summed E-state index contributed by atoms with van der Waals surface area (Å²) >= 11 is 1.47. The number of anilines is 2. The molecule has 1 saturated heterocycles. The first-order chi connectivity index (χ1) is 11.1. The first-order valence-corrected chi connectivity index (χ1v) is 8.60. The van der Waals surface area contributed by atoms with Crippen molar-refractivity contribution in [2.45, 2.75) is 18.9 Å². The summed E-state index contributed by atoms with van der Waals surface area (Å²) in [5.74, 6) is 1.82. The molecule has 1 N–H and O–H groups in total. The average molecular weight is 331 g/mol. The predicted molar refractivity (Wildman–Crippen MR) is 93.4 cm³/mol. The lowest BCUT2D eigenvalue weighted by molar-refractivity contribution is 0.0937. The molecule has 0 aliphatic carbocycles. The zero-order valence-corrected chi connectivity index (χ0v) is 14.2. The molecular weight excluding hydrogens is 310 g/mol. The van der Waals surface area contributed by atoms with Gasteiger partial charge in [-0.05, 0) is 24.3 Å². The summed E-state index contributed by atoms with van der Waals surface area (Å²) < 4.78 is 0. The Balaban J connectivity index is 1.66. The van der Waals surface area contributed by atoms with Gasteiger partial charge in [-0.1, -0.05) is 6.07 Å². The smallest absolute Gasteiger partial charge is 0.261 e. The normalized spacial score (nSPS) is 17.8. The molecule has 6 nitrogen and oxygen atoms in total. The number of nitrogens with one attached hydrogen (secondary N) is 1. The number of carbonyl (C=O) groups excluding carboxylic acids is 1. The van der Waals surface area contributed by atoms with Crippen molar-refractivity contribution in [3.63, 3.8) is 0 Å². The van der Waals surface area contributed by atoms with E-state index in [2.05, 4.69) is 20.2 Å². The Kier molecular flexibility index (Phi) is 4.76. The molecule has 2 aromatic heterocycles. The van der Waals surface area contributed by atoms with E-state index in [4.69, 9.17) is 0 Å². The van der Waals surface area contributed by atoms with Gasteiger partial charge in [0, 0.05) is 39.3 Å². The SMILES string of the molecule is CN(C)c1cc(N2CCCC(NC(=O)c3cccs3)C2)ncn1. The molecule has 1 aliphatic heterocycles. The average Bonchev–Trinajstić information content (AvgIpc) is 3.10. The number of piperidine rings is 1. The molecular formula is C16H21N5OS. The summed E-state index contributed by atoms with van der Waals surface area (Å²) in [6.45, 7) is 1.73.